The molecule has 0 aromatic carbocycles. The molecule has 2 saturated heterocycles. The van der Waals surface area contributed by atoms with E-state index in [1.54, 1.807) is 4.90 Å². The Morgan fingerprint density at radius 3 is 2.42 bits per heavy atom. The molecule has 1 amide bonds. The highest BCUT2D eigenvalue weighted by Crippen LogP contribution is 2.32. The topological polar surface area (TPSA) is 72.8 Å². The van der Waals surface area contributed by atoms with Crippen LogP contribution < -0.4 is 5.32 Å². The molecule has 3 rings (SSSR count). The SMILES string of the molecule is O=C(C1CCC2CCCCC2N1)N1CC(O)C(O)C1. The number of aliphatic hydroxyl groups is 2. The Labute approximate surface area is 114 Å². The first kappa shape index (κ1) is 13.3. The van der Waals surface area contributed by atoms with Crippen LogP contribution in [0.2, 0.25) is 0 Å². The number of hydrogen-bond donors (Lipinski definition) is 3. The van der Waals surface area contributed by atoms with Gasteiger partial charge in [-0.25, -0.2) is 0 Å². The molecule has 0 bridgehead atoms. The molecule has 108 valence electrons. The fraction of sp³-hybridized carbons (Fsp3) is 0.929. The lowest BCUT2D eigenvalue weighted by Crippen LogP contribution is -2.55. The van der Waals surface area contributed by atoms with Gasteiger partial charge in [0.1, 0.15) is 0 Å². The molecule has 3 N–H and O–H groups in total. The van der Waals surface area contributed by atoms with E-state index in [9.17, 15) is 15.0 Å². The van der Waals surface area contributed by atoms with E-state index in [4.69, 9.17) is 0 Å². The molecule has 0 aromatic heterocycles. The third kappa shape index (κ3) is 2.64. The van der Waals surface area contributed by atoms with Crippen molar-refractivity contribution < 1.29 is 15.0 Å². The molecule has 3 fully saturated rings. The standard InChI is InChI=1S/C14H24N2O3/c17-12-7-16(8-13(12)18)14(19)11-6-5-9-3-1-2-4-10(9)15-11/h9-13,15,17-18H,1-8H2. The zero-order chi connectivity index (χ0) is 13.4. The van der Waals surface area contributed by atoms with Crippen molar-refractivity contribution in [1.82, 2.24) is 10.2 Å². The third-order valence-corrected chi connectivity index (χ3v) is 5.02. The molecule has 3 aliphatic rings. The lowest BCUT2D eigenvalue weighted by molar-refractivity contribution is -0.134. The van der Waals surface area contributed by atoms with Crippen molar-refractivity contribution in [2.45, 2.75) is 62.8 Å². The second-order valence-electron chi connectivity index (χ2n) is 6.33. The number of rotatable bonds is 1. The maximum Gasteiger partial charge on any atom is 0.239 e. The van der Waals surface area contributed by atoms with Gasteiger partial charge in [-0.1, -0.05) is 12.8 Å². The molecule has 5 heteroatoms. The Morgan fingerprint density at radius 1 is 1.00 bits per heavy atom. The van der Waals surface area contributed by atoms with Crippen molar-refractivity contribution in [2.24, 2.45) is 5.92 Å². The van der Waals surface area contributed by atoms with E-state index in [0.717, 1.165) is 18.8 Å². The highest BCUT2D eigenvalue weighted by Gasteiger charge is 2.39. The largest absolute Gasteiger partial charge is 0.388 e. The predicted molar refractivity (Wildman–Crippen MR) is 70.5 cm³/mol. The lowest BCUT2D eigenvalue weighted by Gasteiger charge is -2.40. The van der Waals surface area contributed by atoms with Gasteiger partial charge < -0.3 is 20.4 Å². The summed E-state index contributed by atoms with van der Waals surface area (Å²) in [4.78, 5) is 14.0. The lowest BCUT2D eigenvalue weighted by atomic mass is 9.77. The number of fused-ring (bicyclic) bond motifs is 1. The molecule has 5 unspecified atom stereocenters. The van der Waals surface area contributed by atoms with Crippen LogP contribution in [0.4, 0.5) is 0 Å². The maximum atomic E-state index is 12.4. The van der Waals surface area contributed by atoms with Crippen LogP contribution >= 0.6 is 0 Å². The molecule has 2 aliphatic heterocycles. The van der Waals surface area contributed by atoms with Crippen LogP contribution in [-0.4, -0.2) is 58.4 Å². The van der Waals surface area contributed by atoms with E-state index >= 15 is 0 Å². The van der Waals surface area contributed by atoms with Gasteiger partial charge in [-0.15, -0.1) is 0 Å². The molecule has 1 aliphatic carbocycles. The number of carbonyl (C=O) groups is 1. The molecule has 1 saturated carbocycles. The van der Waals surface area contributed by atoms with Crippen LogP contribution in [0.3, 0.4) is 0 Å². The van der Waals surface area contributed by atoms with Crippen LogP contribution in [0, 0.1) is 5.92 Å². The summed E-state index contributed by atoms with van der Waals surface area (Å²) >= 11 is 0. The minimum absolute atomic E-state index is 0.0552. The van der Waals surface area contributed by atoms with Crippen molar-refractivity contribution in [1.29, 1.82) is 0 Å². The second-order valence-corrected chi connectivity index (χ2v) is 6.33. The van der Waals surface area contributed by atoms with Crippen LogP contribution in [0.1, 0.15) is 38.5 Å². The van der Waals surface area contributed by atoms with Crippen molar-refractivity contribution in [3.63, 3.8) is 0 Å². The van der Waals surface area contributed by atoms with E-state index in [1.807, 2.05) is 0 Å². The number of β-amino-alcohol motifs (C(OH)–C–C–N with tert-alkyl or cyclic N) is 2. The van der Waals surface area contributed by atoms with E-state index < -0.39 is 12.2 Å². The fourth-order valence-corrected chi connectivity index (χ4v) is 3.86. The fourth-order valence-electron chi connectivity index (χ4n) is 3.86. The Morgan fingerprint density at radius 2 is 1.68 bits per heavy atom. The molecular weight excluding hydrogens is 244 g/mol. The molecule has 5 atom stereocenters. The summed E-state index contributed by atoms with van der Waals surface area (Å²) in [5, 5.41) is 22.6. The average Bonchev–Trinajstić information content (AvgIpc) is 2.77. The van der Waals surface area contributed by atoms with Crippen molar-refractivity contribution in [3.8, 4) is 0 Å². The summed E-state index contributed by atoms with van der Waals surface area (Å²) in [5.41, 5.74) is 0. The van der Waals surface area contributed by atoms with Gasteiger partial charge in [0, 0.05) is 19.1 Å². The number of aliphatic hydroxyl groups excluding tert-OH is 2. The summed E-state index contributed by atoms with van der Waals surface area (Å²) < 4.78 is 0. The highest BCUT2D eigenvalue weighted by molar-refractivity contribution is 5.82. The molecule has 0 spiro atoms. The quantitative estimate of drug-likeness (QED) is 0.619. The minimum atomic E-state index is -0.782. The number of piperidine rings is 1. The Balaban J connectivity index is 1.59. The predicted octanol–water partition coefficient (Wildman–Crippen LogP) is -0.139. The van der Waals surface area contributed by atoms with E-state index in [-0.39, 0.29) is 25.0 Å². The number of amides is 1. The monoisotopic (exact) mass is 268 g/mol. The van der Waals surface area contributed by atoms with Crippen LogP contribution in [-0.2, 0) is 4.79 Å². The van der Waals surface area contributed by atoms with E-state index in [2.05, 4.69) is 5.32 Å². The molecule has 5 nitrogen and oxygen atoms in total. The highest BCUT2D eigenvalue weighted by atomic mass is 16.3. The molecule has 0 aromatic rings. The third-order valence-electron chi connectivity index (χ3n) is 5.02. The first-order valence-corrected chi connectivity index (χ1v) is 7.56. The number of likely N-dealkylation sites (tertiary alicyclic amines) is 1. The zero-order valence-corrected chi connectivity index (χ0v) is 11.3. The maximum absolute atomic E-state index is 12.4. The number of hydrogen-bond acceptors (Lipinski definition) is 4. The first-order chi connectivity index (χ1) is 9.15. The Hall–Kier alpha value is -0.650. The Bertz CT molecular complexity index is 340. The zero-order valence-electron chi connectivity index (χ0n) is 11.3. The van der Waals surface area contributed by atoms with Gasteiger partial charge in [0.2, 0.25) is 5.91 Å². The summed E-state index contributed by atoms with van der Waals surface area (Å²) in [7, 11) is 0. The Kier molecular flexibility index (Phi) is 3.78. The van der Waals surface area contributed by atoms with Gasteiger partial charge in [0.05, 0.1) is 18.2 Å². The normalized spacial score (nSPS) is 43.1. The summed E-state index contributed by atoms with van der Waals surface area (Å²) in [5.74, 6) is 0.798. The van der Waals surface area contributed by atoms with Crippen LogP contribution in [0.15, 0.2) is 0 Å². The summed E-state index contributed by atoms with van der Waals surface area (Å²) in [6.07, 6.45) is 5.52. The van der Waals surface area contributed by atoms with Gasteiger partial charge in [0.25, 0.3) is 0 Å². The van der Waals surface area contributed by atoms with Gasteiger partial charge in [-0.05, 0) is 31.6 Å². The number of nitrogens with zero attached hydrogens (tertiary/aromatic N) is 1. The summed E-state index contributed by atoms with van der Waals surface area (Å²) in [6, 6.07) is 0.380. The van der Waals surface area contributed by atoms with Gasteiger partial charge >= 0.3 is 0 Å². The summed E-state index contributed by atoms with van der Waals surface area (Å²) in [6.45, 7) is 0.540. The molecule has 19 heavy (non-hydrogen) atoms. The van der Waals surface area contributed by atoms with Crippen LogP contribution in [0.25, 0.3) is 0 Å². The second kappa shape index (κ2) is 5.38. The molecular formula is C14H24N2O3. The average molecular weight is 268 g/mol. The first-order valence-electron chi connectivity index (χ1n) is 7.56. The number of nitrogens with one attached hydrogen (secondary N) is 1. The van der Waals surface area contributed by atoms with E-state index in [0.29, 0.717) is 6.04 Å². The smallest absolute Gasteiger partial charge is 0.239 e. The van der Waals surface area contributed by atoms with Crippen molar-refractivity contribution >= 4 is 5.91 Å². The number of carbonyl (C=O) groups excluding carboxylic acids is 1. The van der Waals surface area contributed by atoms with Crippen molar-refractivity contribution in [3.05, 3.63) is 0 Å². The van der Waals surface area contributed by atoms with Crippen LogP contribution in [0.5, 0.6) is 0 Å². The molecule has 0 radical (unpaired) electrons. The van der Waals surface area contributed by atoms with Gasteiger partial charge in [-0.3, -0.25) is 4.79 Å². The molecule has 2 heterocycles. The van der Waals surface area contributed by atoms with Crippen molar-refractivity contribution in [2.75, 3.05) is 13.1 Å². The van der Waals surface area contributed by atoms with E-state index in [1.165, 1.54) is 25.7 Å². The van der Waals surface area contributed by atoms with Gasteiger partial charge in [0.15, 0.2) is 0 Å². The van der Waals surface area contributed by atoms with Gasteiger partial charge in [-0.2, -0.15) is 0 Å². The minimum Gasteiger partial charge on any atom is -0.388 e.